The molecular weight excluding hydrogens is 275 g/mol. The van der Waals surface area contributed by atoms with Gasteiger partial charge in [-0.1, -0.05) is 6.07 Å². The largest absolute Gasteiger partial charge is 0.484 e. The van der Waals surface area contributed by atoms with Crippen LogP contribution in [-0.2, 0) is 4.79 Å². The van der Waals surface area contributed by atoms with Crippen LogP contribution in [0.4, 0.5) is 4.39 Å². The van der Waals surface area contributed by atoms with E-state index in [1.54, 1.807) is 17.0 Å². The van der Waals surface area contributed by atoms with Gasteiger partial charge in [0.25, 0.3) is 5.91 Å². The highest BCUT2D eigenvalue weighted by molar-refractivity contribution is 5.77. The molecule has 0 spiro atoms. The van der Waals surface area contributed by atoms with Gasteiger partial charge in [0.05, 0.1) is 6.61 Å². The fourth-order valence-electron chi connectivity index (χ4n) is 2.38. The average Bonchev–Trinajstić information content (AvgIpc) is 2.71. The Morgan fingerprint density at radius 1 is 1.29 bits per heavy atom. The summed E-state index contributed by atoms with van der Waals surface area (Å²) in [5.74, 6) is -0.112. The molecule has 1 saturated heterocycles. The molecular formula is C15H21FN2O3. The summed E-state index contributed by atoms with van der Waals surface area (Å²) in [5.41, 5.74) is 0. The quantitative estimate of drug-likeness (QED) is 0.870. The molecule has 1 aliphatic rings. The third kappa shape index (κ3) is 4.99. The molecule has 0 atom stereocenters. The molecule has 1 aromatic carbocycles. The van der Waals surface area contributed by atoms with E-state index in [1.165, 1.54) is 12.1 Å². The lowest BCUT2D eigenvalue weighted by Crippen LogP contribution is -2.38. The molecule has 0 radical (unpaired) electrons. The van der Waals surface area contributed by atoms with Crippen LogP contribution in [0, 0.1) is 5.82 Å². The van der Waals surface area contributed by atoms with Crippen LogP contribution in [-0.4, -0.2) is 66.8 Å². The minimum atomic E-state index is -0.380. The standard InChI is InChI=1S/C15H21FN2O3/c16-13-3-1-4-14(11-13)21-12-15(20)18-6-2-5-17(7-8-18)9-10-19/h1,3-4,11,19H,2,5-10,12H2. The number of hydrogen-bond donors (Lipinski definition) is 1. The van der Waals surface area contributed by atoms with Crippen LogP contribution < -0.4 is 4.74 Å². The molecule has 0 aromatic heterocycles. The number of aliphatic hydroxyl groups excluding tert-OH is 1. The van der Waals surface area contributed by atoms with E-state index in [4.69, 9.17) is 9.84 Å². The van der Waals surface area contributed by atoms with Crippen LogP contribution >= 0.6 is 0 Å². The number of benzene rings is 1. The third-order valence-electron chi connectivity index (χ3n) is 3.52. The molecule has 0 aliphatic carbocycles. The zero-order chi connectivity index (χ0) is 15.1. The first-order valence-corrected chi connectivity index (χ1v) is 7.18. The van der Waals surface area contributed by atoms with Gasteiger partial charge in [-0.2, -0.15) is 0 Å². The molecule has 0 unspecified atom stereocenters. The molecule has 1 heterocycles. The Kier molecular flexibility index (Phi) is 5.95. The fraction of sp³-hybridized carbons (Fsp3) is 0.533. The molecule has 1 aromatic rings. The Balaban J connectivity index is 1.80. The van der Waals surface area contributed by atoms with Gasteiger partial charge < -0.3 is 14.7 Å². The highest BCUT2D eigenvalue weighted by Gasteiger charge is 2.19. The van der Waals surface area contributed by atoms with Gasteiger partial charge in [0, 0.05) is 32.2 Å². The Bertz CT molecular complexity index is 470. The summed E-state index contributed by atoms with van der Waals surface area (Å²) in [7, 11) is 0. The Labute approximate surface area is 123 Å². The van der Waals surface area contributed by atoms with E-state index in [0.29, 0.717) is 25.4 Å². The van der Waals surface area contributed by atoms with Gasteiger partial charge >= 0.3 is 0 Å². The summed E-state index contributed by atoms with van der Waals surface area (Å²) in [6.07, 6.45) is 0.881. The van der Waals surface area contributed by atoms with Crippen molar-refractivity contribution in [1.82, 2.24) is 9.80 Å². The van der Waals surface area contributed by atoms with Crippen molar-refractivity contribution in [2.45, 2.75) is 6.42 Å². The molecule has 0 saturated carbocycles. The van der Waals surface area contributed by atoms with Crippen LogP contribution in [0.2, 0.25) is 0 Å². The SMILES string of the molecule is O=C(COc1cccc(F)c1)N1CCCN(CCO)CC1. The molecule has 1 aliphatic heterocycles. The molecule has 116 valence electrons. The Morgan fingerprint density at radius 2 is 2.14 bits per heavy atom. The van der Waals surface area contributed by atoms with Crippen LogP contribution in [0.3, 0.4) is 0 Å². The lowest BCUT2D eigenvalue weighted by Gasteiger charge is -2.21. The maximum Gasteiger partial charge on any atom is 0.260 e. The highest BCUT2D eigenvalue weighted by atomic mass is 19.1. The Morgan fingerprint density at radius 3 is 2.90 bits per heavy atom. The number of ether oxygens (including phenoxy) is 1. The summed E-state index contributed by atoms with van der Waals surface area (Å²) in [5, 5.41) is 8.95. The van der Waals surface area contributed by atoms with Crippen LogP contribution in [0.1, 0.15) is 6.42 Å². The number of halogens is 1. The number of aliphatic hydroxyl groups is 1. The summed E-state index contributed by atoms with van der Waals surface area (Å²) < 4.78 is 18.3. The van der Waals surface area contributed by atoms with E-state index < -0.39 is 0 Å². The van der Waals surface area contributed by atoms with Gasteiger partial charge in [0.1, 0.15) is 11.6 Å². The summed E-state index contributed by atoms with van der Waals surface area (Å²) in [6.45, 7) is 3.65. The molecule has 0 bridgehead atoms. The minimum absolute atomic E-state index is 0.0799. The van der Waals surface area contributed by atoms with Crippen molar-refractivity contribution in [3.63, 3.8) is 0 Å². The minimum Gasteiger partial charge on any atom is -0.484 e. The van der Waals surface area contributed by atoms with Crippen LogP contribution in [0.5, 0.6) is 5.75 Å². The smallest absolute Gasteiger partial charge is 0.260 e. The van der Waals surface area contributed by atoms with Crippen LogP contribution in [0.15, 0.2) is 24.3 Å². The van der Waals surface area contributed by atoms with Crippen LogP contribution in [0.25, 0.3) is 0 Å². The monoisotopic (exact) mass is 296 g/mol. The van der Waals surface area contributed by atoms with E-state index in [1.807, 2.05) is 0 Å². The second-order valence-electron chi connectivity index (χ2n) is 5.05. The number of nitrogens with zero attached hydrogens (tertiary/aromatic N) is 2. The number of β-amino-alcohol motifs (C(OH)–C–C–N with tert-alkyl or cyclic N) is 1. The van der Waals surface area contributed by atoms with Crippen molar-refractivity contribution in [1.29, 1.82) is 0 Å². The number of carbonyl (C=O) groups is 1. The van der Waals surface area contributed by atoms with E-state index >= 15 is 0 Å². The van der Waals surface area contributed by atoms with Gasteiger partial charge in [-0.25, -0.2) is 4.39 Å². The molecule has 1 fully saturated rings. The predicted molar refractivity (Wildman–Crippen MR) is 76.6 cm³/mol. The number of hydrogen-bond acceptors (Lipinski definition) is 4. The molecule has 21 heavy (non-hydrogen) atoms. The molecule has 5 nitrogen and oxygen atoms in total. The van der Waals surface area contributed by atoms with E-state index in [9.17, 15) is 9.18 Å². The first kappa shape index (κ1) is 15.7. The van der Waals surface area contributed by atoms with Crippen molar-refractivity contribution in [3.8, 4) is 5.75 Å². The Hall–Kier alpha value is -1.66. The van der Waals surface area contributed by atoms with Gasteiger partial charge in [-0.15, -0.1) is 0 Å². The zero-order valence-electron chi connectivity index (χ0n) is 12.0. The van der Waals surface area contributed by atoms with E-state index in [0.717, 1.165) is 19.5 Å². The maximum absolute atomic E-state index is 13.0. The second-order valence-corrected chi connectivity index (χ2v) is 5.05. The molecule has 1 amide bonds. The van der Waals surface area contributed by atoms with Crippen molar-refractivity contribution >= 4 is 5.91 Å². The van der Waals surface area contributed by atoms with E-state index in [-0.39, 0.29) is 24.9 Å². The van der Waals surface area contributed by atoms with Crippen molar-refractivity contribution in [3.05, 3.63) is 30.1 Å². The highest BCUT2D eigenvalue weighted by Crippen LogP contribution is 2.12. The van der Waals surface area contributed by atoms with Gasteiger partial charge in [-0.3, -0.25) is 9.69 Å². The first-order valence-electron chi connectivity index (χ1n) is 7.18. The normalized spacial score (nSPS) is 16.6. The zero-order valence-corrected chi connectivity index (χ0v) is 12.0. The fourth-order valence-corrected chi connectivity index (χ4v) is 2.38. The lowest BCUT2D eigenvalue weighted by molar-refractivity contribution is -0.133. The topological polar surface area (TPSA) is 53.0 Å². The maximum atomic E-state index is 13.0. The molecule has 6 heteroatoms. The molecule has 1 N–H and O–H groups in total. The predicted octanol–water partition coefficient (Wildman–Crippen LogP) is 0.731. The van der Waals surface area contributed by atoms with Crippen molar-refractivity contribution in [2.75, 3.05) is 45.9 Å². The van der Waals surface area contributed by atoms with Gasteiger partial charge in [-0.05, 0) is 25.1 Å². The first-order chi connectivity index (χ1) is 10.2. The van der Waals surface area contributed by atoms with Gasteiger partial charge in [0.2, 0.25) is 0 Å². The van der Waals surface area contributed by atoms with E-state index in [2.05, 4.69) is 4.90 Å². The van der Waals surface area contributed by atoms with Crippen molar-refractivity contribution < 1.29 is 19.0 Å². The summed E-state index contributed by atoms with van der Waals surface area (Å²) >= 11 is 0. The molecule has 2 rings (SSSR count). The lowest BCUT2D eigenvalue weighted by atomic mass is 10.3. The second kappa shape index (κ2) is 7.95. The van der Waals surface area contributed by atoms with Crippen molar-refractivity contribution in [2.24, 2.45) is 0 Å². The number of rotatable bonds is 5. The average molecular weight is 296 g/mol. The van der Waals surface area contributed by atoms with Gasteiger partial charge in [0.15, 0.2) is 6.61 Å². The summed E-state index contributed by atoms with van der Waals surface area (Å²) in [6, 6.07) is 5.77. The summed E-state index contributed by atoms with van der Waals surface area (Å²) in [4.78, 5) is 16.0. The number of carbonyl (C=O) groups excluding carboxylic acids is 1. The third-order valence-corrected chi connectivity index (χ3v) is 3.52. The number of amides is 1.